The Kier molecular flexibility index (Phi) is 2.75. The maximum Gasteiger partial charge on any atom is 0.170 e. The van der Waals surface area contributed by atoms with Gasteiger partial charge >= 0.3 is 0 Å². The second kappa shape index (κ2) is 3.90. The van der Waals surface area contributed by atoms with Crippen molar-refractivity contribution in [1.29, 1.82) is 0 Å². The number of aryl methyl sites for hydroxylation is 1. The highest BCUT2D eigenvalue weighted by molar-refractivity contribution is 9.10. The fourth-order valence-electron chi connectivity index (χ4n) is 1.45. The zero-order valence-corrected chi connectivity index (χ0v) is 10.7. The van der Waals surface area contributed by atoms with E-state index in [1.165, 1.54) is 0 Å². The number of aldehydes is 1. The highest BCUT2D eigenvalue weighted by Gasteiger charge is 2.14. The quantitative estimate of drug-likeness (QED) is 0.795. The molecule has 0 aliphatic carbocycles. The molecule has 0 aliphatic heterocycles. The van der Waals surface area contributed by atoms with Crippen LogP contribution in [0.25, 0.3) is 10.6 Å². The Balaban J connectivity index is 2.65. The number of imidazole rings is 1. The van der Waals surface area contributed by atoms with Crippen molar-refractivity contribution in [3.63, 3.8) is 0 Å². The zero-order chi connectivity index (χ0) is 11.0. The molecule has 2 aromatic rings. The van der Waals surface area contributed by atoms with Gasteiger partial charge in [-0.15, -0.1) is 11.3 Å². The van der Waals surface area contributed by atoms with Crippen LogP contribution in [0.15, 0.2) is 15.9 Å². The third-order valence-electron chi connectivity index (χ3n) is 2.26. The second-order valence-corrected chi connectivity index (χ2v) is 5.03. The Morgan fingerprint density at radius 2 is 2.33 bits per heavy atom. The summed E-state index contributed by atoms with van der Waals surface area (Å²) in [5.74, 6) is 0.844. The van der Waals surface area contributed by atoms with E-state index in [0.717, 1.165) is 27.2 Å². The molecule has 0 N–H and O–H groups in total. The number of rotatable bonds is 2. The third-order valence-corrected chi connectivity index (χ3v) is 3.96. The van der Waals surface area contributed by atoms with Crippen LogP contribution in [0.1, 0.15) is 16.3 Å². The van der Waals surface area contributed by atoms with Crippen molar-refractivity contribution in [3.05, 3.63) is 27.4 Å². The van der Waals surface area contributed by atoms with Gasteiger partial charge in [-0.3, -0.25) is 4.79 Å². The maximum absolute atomic E-state index is 10.9. The Morgan fingerprint density at radius 3 is 2.87 bits per heavy atom. The van der Waals surface area contributed by atoms with E-state index >= 15 is 0 Å². The molecule has 0 aromatic carbocycles. The minimum atomic E-state index is 0.504. The first-order valence-electron chi connectivity index (χ1n) is 4.36. The summed E-state index contributed by atoms with van der Waals surface area (Å²) >= 11 is 4.99. The summed E-state index contributed by atoms with van der Waals surface area (Å²) in [6.07, 6.45) is 0.802. The molecule has 0 atom stereocenters. The van der Waals surface area contributed by atoms with Crippen molar-refractivity contribution in [2.24, 2.45) is 7.05 Å². The van der Waals surface area contributed by atoms with Crippen molar-refractivity contribution in [1.82, 2.24) is 9.55 Å². The standard InChI is InChI=1S/C10H9BrN2OS/c1-6-12-8(4-14)10(13(6)2)9-3-7(11)5-15-9/h3-5H,1-2H3. The van der Waals surface area contributed by atoms with E-state index in [2.05, 4.69) is 20.9 Å². The molecule has 0 unspecified atom stereocenters. The smallest absolute Gasteiger partial charge is 0.170 e. The summed E-state index contributed by atoms with van der Waals surface area (Å²) in [6, 6.07) is 1.99. The second-order valence-electron chi connectivity index (χ2n) is 3.20. The van der Waals surface area contributed by atoms with Gasteiger partial charge in [0.1, 0.15) is 11.5 Å². The van der Waals surface area contributed by atoms with E-state index < -0.39 is 0 Å². The molecule has 2 aromatic heterocycles. The molecule has 78 valence electrons. The van der Waals surface area contributed by atoms with Gasteiger partial charge in [0.25, 0.3) is 0 Å². The van der Waals surface area contributed by atoms with Crippen molar-refractivity contribution in [3.8, 4) is 10.6 Å². The summed E-state index contributed by atoms with van der Waals surface area (Å²) < 4.78 is 2.96. The summed E-state index contributed by atoms with van der Waals surface area (Å²) in [7, 11) is 1.91. The predicted molar refractivity (Wildman–Crippen MR) is 64.3 cm³/mol. The monoisotopic (exact) mass is 284 g/mol. The number of carbonyl (C=O) groups excluding carboxylic acids is 1. The number of aromatic nitrogens is 2. The Bertz CT molecular complexity index is 515. The number of hydrogen-bond donors (Lipinski definition) is 0. The molecule has 0 fully saturated rings. The minimum Gasteiger partial charge on any atom is -0.330 e. The van der Waals surface area contributed by atoms with E-state index in [-0.39, 0.29) is 0 Å². The molecular formula is C10H9BrN2OS. The summed E-state index contributed by atoms with van der Waals surface area (Å²) in [5.41, 5.74) is 1.39. The van der Waals surface area contributed by atoms with Crippen molar-refractivity contribution in [2.45, 2.75) is 6.92 Å². The van der Waals surface area contributed by atoms with Crippen molar-refractivity contribution >= 4 is 33.6 Å². The molecular weight excluding hydrogens is 276 g/mol. The van der Waals surface area contributed by atoms with E-state index in [4.69, 9.17) is 0 Å². The molecule has 5 heteroatoms. The van der Waals surface area contributed by atoms with Crippen molar-refractivity contribution < 1.29 is 4.79 Å². The lowest BCUT2D eigenvalue weighted by molar-refractivity contribution is 0.112. The largest absolute Gasteiger partial charge is 0.330 e. The molecule has 2 heterocycles. The fraction of sp³-hybridized carbons (Fsp3) is 0.200. The van der Waals surface area contributed by atoms with Crippen LogP contribution in [0, 0.1) is 6.92 Å². The van der Waals surface area contributed by atoms with Gasteiger partial charge in [0.15, 0.2) is 6.29 Å². The first kappa shape index (κ1) is 10.6. The molecule has 0 amide bonds. The van der Waals surface area contributed by atoms with Gasteiger partial charge in [-0.1, -0.05) is 0 Å². The number of hydrogen-bond acceptors (Lipinski definition) is 3. The topological polar surface area (TPSA) is 34.9 Å². The van der Waals surface area contributed by atoms with Gasteiger partial charge in [0, 0.05) is 16.9 Å². The summed E-state index contributed by atoms with van der Waals surface area (Å²) in [5, 5.41) is 1.99. The first-order chi connectivity index (χ1) is 7.13. The zero-order valence-electron chi connectivity index (χ0n) is 8.32. The Morgan fingerprint density at radius 1 is 1.60 bits per heavy atom. The Hall–Kier alpha value is -0.940. The normalized spacial score (nSPS) is 10.6. The van der Waals surface area contributed by atoms with Crippen LogP contribution < -0.4 is 0 Å². The number of carbonyl (C=O) groups is 1. The van der Waals surface area contributed by atoms with Gasteiger partial charge in [0.05, 0.1) is 10.6 Å². The van der Waals surface area contributed by atoms with E-state index in [1.54, 1.807) is 11.3 Å². The number of nitrogens with zero attached hydrogens (tertiary/aromatic N) is 2. The van der Waals surface area contributed by atoms with Gasteiger partial charge in [-0.05, 0) is 28.9 Å². The van der Waals surface area contributed by atoms with Crippen molar-refractivity contribution in [2.75, 3.05) is 0 Å². The molecule has 0 radical (unpaired) electrons. The summed E-state index contributed by atoms with van der Waals surface area (Å²) in [4.78, 5) is 16.1. The molecule has 0 saturated heterocycles. The van der Waals surface area contributed by atoms with E-state index in [9.17, 15) is 4.79 Å². The van der Waals surface area contributed by atoms with Crippen LogP contribution in [-0.2, 0) is 7.05 Å². The molecule has 3 nitrogen and oxygen atoms in total. The van der Waals surface area contributed by atoms with Crippen LogP contribution in [-0.4, -0.2) is 15.8 Å². The van der Waals surface area contributed by atoms with Gasteiger partial charge < -0.3 is 4.57 Å². The lowest BCUT2D eigenvalue weighted by Crippen LogP contribution is -1.93. The molecule has 15 heavy (non-hydrogen) atoms. The third kappa shape index (κ3) is 1.77. The maximum atomic E-state index is 10.9. The highest BCUT2D eigenvalue weighted by atomic mass is 79.9. The first-order valence-corrected chi connectivity index (χ1v) is 6.03. The van der Waals surface area contributed by atoms with E-state index in [0.29, 0.717) is 5.69 Å². The highest BCUT2D eigenvalue weighted by Crippen LogP contribution is 2.31. The SMILES string of the molecule is Cc1nc(C=O)c(-c2cc(Br)cs2)n1C. The number of halogens is 1. The molecule has 2 rings (SSSR count). The molecule has 0 bridgehead atoms. The van der Waals surface area contributed by atoms with Gasteiger partial charge in [0.2, 0.25) is 0 Å². The van der Waals surface area contributed by atoms with Crippen LogP contribution in [0.3, 0.4) is 0 Å². The minimum absolute atomic E-state index is 0.504. The predicted octanol–water partition coefficient (Wildman–Crippen LogP) is 3.03. The lowest BCUT2D eigenvalue weighted by atomic mass is 10.3. The lowest BCUT2D eigenvalue weighted by Gasteiger charge is -2.00. The van der Waals surface area contributed by atoms with Gasteiger partial charge in [-0.2, -0.15) is 0 Å². The average Bonchev–Trinajstić information content (AvgIpc) is 2.73. The molecule has 0 saturated carbocycles. The van der Waals surface area contributed by atoms with Gasteiger partial charge in [-0.25, -0.2) is 4.98 Å². The average molecular weight is 285 g/mol. The summed E-state index contributed by atoms with van der Waals surface area (Å²) in [6.45, 7) is 1.89. The van der Waals surface area contributed by atoms with Crippen LogP contribution in [0.4, 0.5) is 0 Å². The fourth-order valence-corrected chi connectivity index (χ4v) is 2.96. The van der Waals surface area contributed by atoms with E-state index in [1.807, 2.05) is 30.0 Å². The Labute approximate surface area is 99.9 Å². The molecule has 0 spiro atoms. The van der Waals surface area contributed by atoms with Crippen LogP contribution in [0.2, 0.25) is 0 Å². The van der Waals surface area contributed by atoms with Crippen LogP contribution in [0.5, 0.6) is 0 Å². The molecule has 0 aliphatic rings. The van der Waals surface area contributed by atoms with Crippen LogP contribution >= 0.6 is 27.3 Å². The number of thiophene rings is 1.